The van der Waals surface area contributed by atoms with E-state index < -0.39 is 10.0 Å². The van der Waals surface area contributed by atoms with Gasteiger partial charge in [0.25, 0.3) is 5.91 Å². The second kappa shape index (κ2) is 9.06. The van der Waals surface area contributed by atoms with Gasteiger partial charge in [-0.05, 0) is 61.4 Å². The van der Waals surface area contributed by atoms with E-state index in [0.717, 1.165) is 12.8 Å². The Morgan fingerprint density at radius 3 is 2.24 bits per heavy atom. The second-order valence-electron chi connectivity index (χ2n) is 6.67. The Hall–Kier alpha value is -2.91. The van der Waals surface area contributed by atoms with Gasteiger partial charge in [0.1, 0.15) is 5.75 Å². The minimum Gasteiger partial charge on any atom is -0.497 e. The van der Waals surface area contributed by atoms with Gasteiger partial charge < -0.3 is 15.4 Å². The molecule has 0 unspecified atom stereocenters. The van der Waals surface area contributed by atoms with Crippen molar-refractivity contribution in [1.29, 1.82) is 0 Å². The van der Waals surface area contributed by atoms with Crippen LogP contribution < -0.4 is 20.1 Å². The lowest BCUT2D eigenvalue weighted by Gasteiger charge is -2.09. The monoisotopic (exact) mass is 417 g/mol. The van der Waals surface area contributed by atoms with Crippen molar-refractivity contribution in [2.45, 2.75) is 17.7 Å². The van der Waals surface area contributed by atoms with Crippen LogP contribution in [0.25, 0.3) is 0 Å². The van der Waals surface area contributed by atoms with Crippen molar-refractivity contribution in [2.24, 2.45) is 5.92 Å². The Balaban J connectivity index is 1.44. The summed E-state index contributed by atoms with van der Waals surface area (Å²) >= 11 is 0. The molecule has 0 aromatic heterocycles. The number of hydrogen-bond donors (Lipinski definition) is 3. The summed E-state index contributed by atoms with van der Waals surface area (Å²) < 4.78 is 31.9. The van der Waals surface area contributed by atoms with Crippen LogP contribution in [0, 0.1) is 5.92 Å². The van der Waals surface area contributed by atoms with Gasteiger partial charge in [0, 0.05) is 30.3 Å². The number of ether oxygens (including phenoxy) is 1. The van der Waals surface area contributed by atoms with Gasteiger partial charge in [0.15, 0.2) is 0 Å². The fourth-order valence-corrected chi connectivity index (χ4v) is 3.63. The van der Waals surface area contributed by atoms with Gasteiger partial charge in [-0.3, -0.25) is 9.59 Å². The van der Waals surface area contributed by atoms with E-state index in [2.05, 4.69) is 15.4 Å². The summed E-state index contributed by atoms with van der Waals surface area (Å²) in [5.74, 6) is 0.356. The van der Waals surface area contributed by atoms with Crippen molar-refractivity contribution in [2.75, 3.05) is 25.5 Å². The lowest BCUT2D eigenvalue weighted by Crippen LogP contribution is -2.34. The molecule has 3 rings (SSSR count). The molecular weight excluding hydrogens is 394 g/mol. The van der Waals surface area contributed by atoms with Crippen LogP contribution in [0.2, 0.25) is 0 Å². The first-order chi connectivity index (χ1) is 13.9. The van der Waals surface area contributed by atoms with Gasteiger partial charge in [-0.25, -0.2) is 13.1 Å². The van der Waals surface area contributed by atoms with E-state index >= 15 is 0 Å². The van der Waals surface area contributed by atoms with Crippen LogP contribution in [-0.4, -0.2) is 40.4 Å². The van der Waals surface area contributed by atoms with Crippen LogP contribution in [0.4, 0.5) is 5.69 Å². The van der Waals surface area contributed by atoms with E-state index in [1.54, 1.807) is 36.4 Å². The van der Waals surface area contributed by atoms with Gasteiger partial charge in [-0.2, -0.15) is 0 Å². The molecule has 2 aromatic carbocycles. The maximum Gasteiger partial charge on any atom is 0.251 e. The fourth-order valence-electron chi connectivity index (χ4n) is 2.60. The number of carbonyl (C=O) groups excluding carboxylic acids is 2. The van der Waals surface area contributed by atoms with E-state index in [1.165, 1.54) is 19.2 Å². The third-order valence-electron chi connectivity index (χ3n) is 4.44. The largest absolute Gasteiger partial charge is 0.497 e. The molecule has 0 radical (unpaired) electrons. The summed E-state index contributed by atoms with van der Waals surface area (Å²) in [5.41, 5.74) is 1.07. The maximum atomic E-state index is 12.2. The summed E-state index contributed by atoms with van der Waals surface area (Å²) in [5, 5.41) is 5.46. The number of rotatable bonds is 9. The molecule has 0 heterocycles. The molecule has 154 valence electrons. The Bertz CT molecular complexity index is 968. The average molecular weight is 417 g/mol. The SMILES string of the molecule is COc1ccc(S(=O)(=O)NCCNC(=O)c2ccc(NC(=O)C3CC3)cc2)cc1. The van der Waals surface area contributed by atoms with Crippen LogP contribution in [-0.2, 0) is 14.8 Å². The number of anilines is 1. The molecule has 1 saturated carbocycles. The lowest BCUT2D eigenvalue weighted by atomic mass is 10.2. The van der Waals surface area contributed by atoms with Crippen LogP contribution in [0.15, 0.2) is 53.4 Å². The Morgan fingerprint density at radius 2 is 1.66 bits per heavy atom. The quantitative estimate of drug-likeness (QED) is 0.538. The third-order valence-corrected chi connectivity index (χ3v) is 5.91. The minimum atomic E-state index is -3.66. The highest BCUT2D eigenvalue weighted by atomic mass is 32.2. The van der Waals surface area contributed by atoms with Crippen molar-refractivity contribution >= 4 is 27.5 Å². The Morgan fingerprint density at radius 1 is 1.00 bits per heavy atom. The highest BCUT2D eigenvalue weighted by Crippen LogP contribution is 2.30. The summed E-state index contributed by atoms with van der Waals surface area (Å²) in [6.45, 7) is 0.185. The van der Waals surface area contributed by atoms with Crippen LogP contribution in [0.3, 0.4) is 0 Å². The standard InChI is InChI=1S/C20H23N3O5S/c1-28-17-8-10-18(11-9-17)29(26,27)22-13-12-21-19(24)14-4-6-16(7-5-14)23-20(25)15-2-3-15/h4-11,15,22H,2-3,12-13H2,1H3,(H,21,24)(H,23,25). The van der Waals surface area contributed by atoms with Crippen molar-refractivity contribution in [1.82, 2.24) is 10.0 Å². The van der Waals surface area contributed by atoms with Crippen molar-refractivity contribution < 1.29 is 22.7 Å². The zero-order valence-corrected chi connectivity index (χ0v) is 16.8. The molecule has 1 aliphatic carbocycles. The maximum absolute atomic E-state index is 12.2. The molecule has 2 amide bonds. The van der Waals surface area contributed by atoms with Crippen molar-refractivity contribution in [3.8, 4) is 5.75 Å². The molecule has 0 spiro atoms. The first-order valence-electron chi connectivity index (χ1n) is 9.22. The molecular formula is C20H23N3O5S. The van der Waals surface area contributed by atoms with E-state index in [0.29, 0.717) is 17.0 Å². The summed E-state index contributed by atoms with van der Waals surface area (Å²) in [7, 11) is -2.16. The van der Waals surface area contributed by atoms with Crippen molar-refractivity contribution in [3.63, 3.8) is 0 Å². The third kappa shape index (κ3) is 5.78. The molecule has 0 aliphatic heterocycles. The van der Waals surface area contributed by atoms with Gasteiger partial charge in [0.05, 0.1) is 12.0 Å². The van der Waals surface area contributed by atoms with Crippen LogP contribution in [0.5, 0.6) is 5.75 Å². The number of carbonyl (C=O) groups is 2. The minimum absolute atomic E-state index is 0.00588. The molecule has 2 aromatic rings. The van der Waals surface area contributed by atoms with Crippen LogP contribution in [0.1, 0.15) is 23.2 Å². The number of sulfonamides is 1. The zero-order valence-electron chi connectivity index (χ0n) is 16.0. The van der Waals surface area contributed by atoms with E-state index in [9.17, 15) is 18.0 Å². The molecule has 1 fully saturated rings. The number of hydrogen-bond acceptors (Lipinski definition) is 5. The van der Waals surface area contributed by atoms with E-state index in [4.69, 9.17) is 4.74 Å². The Labute approximate surface area is 169 Å². The summed E-state index contributed by atoms with van der Waals surface area (Å²) in [6.07, 6.45) is 1.85. The summed E-state index contributed by atoms with van der Waals surface area (Å²) in [4.78, 5) is 24.0. The topological polar surface area (TPSA) is 114 Å². The second-order valence-corrected chi connectivity index (χ2v) is 8.44. The smallest absolute Gasteiger partial charge is 0.251 e. The molecule has 8 nitrogen and oxygen atoms in total. The normalized spacial score (nSPS) is 13.6. The van der Waals surface area contributed by atoms with Gasteiger partial charge in [0.2, 0.25) is 15.9 Å². The van der Waals surface area contributed by atoms with Crippen LogP contribution >= 0.6 is 0 Å². The number of nitrogens with one attached hydrogen (secondary N) is 3. The van der Waals surface area contributed by atoms with E-state index in [1.807, 2.05) is 0 Å². The number of amides is 2. The fraction of sp³-hybridized carbons (Fsp3) is 0.300. The Kier molecular flexibility index (Phi) is 6.50. The lowest BCUT2D eigenvalue weighted by molar-refractivity contribution is -0.117. The average Bonchev–Trinajstić information content (AvgIpc) is 3.57. The molecule has 9 heteroatoms. The predicted molar refractivity (Wildman–Crippen MR) is 108 cm³/mol. The molecule has 29 heavy (non-hydrogen) atoms. The first-order valence-corrected chi connectivity index (χ1v) is 10.7. The molecule has 0 bridgehead atoms. The molecule has 1 aliphatic rings. The number of methoxy groups -OCH3 is 1. The molecule has 3 N–H and O–H groups in total. The van der Waals surface area contributed by atoms with Gasteiger partial charge in [-0.1, -0.05) is 0 Å². The number of benzene rings is 2. The van der Waals surface area contributed by atoms with Gasteiger partial charge >= 0.3 is 0 Å². The van der Waals surface area contributed by atoms with E-state index in [-0.39, 0.29) is 35.7 Å². The molecule has 0 saturated heterocycles. The first kappa shape index (κ1) is 20.8. The van der Waals surface area contributed by atoms with Gasteiger partial charge in [-0.15, -0.1) is 0 Å². The highest BCUT2D eigenvalue weighted by molar-refractivity contribution is 7.89. The molecule has 0 atom stereocenters. The summed E-state index contributed by atoms with van der Waals surface area (Å²) in [6, 6.07) is 12.6. The predicted octanol–water partition coefficient (Wildman–Crippen LogP) is 1.75. The highest BCUT2D eigenvalue weighted by Gasteiger charge is 2.29. The zero-order chi connectivity index (χ0) is 20.9. The van der Waals surface area contributed by atoms with Crippen molar-refractivity contribution in [3.05, 3.63) is 54.1 Å².